The van der Waals surface area contributed by atoms with Crippen molar-refractivity contribution in [1.29, 1.82) is 0 Å². The van der Waals surface area contributed by atoms with Crippen LogP contribution >= 0.6 is 0 Å². The first-order valence-corrected chi connectivity index (χ1v) is 9.56. The van der Waals surface area contributed by atoms with Crippen LogP contribution in [0.3, 0.4) is 0 Å². The Bertz CT molecular complexity index is 697. The number of hydrogen-bond acceptors (Lipinski definition) is 4. The van der Waals surface area contributed by atoms with E-state index < -0.39 is 11.7 Å². The molecule has 140 valence electrons. The topological polar surface area (TPSA) is 70.1 Å². The molecule has 1 unspecified atom stereocenters. The van der Waals surface area contributed by atoms with Crippen LogP contribution in [0.25, 0.3) is 0 Å². The predicted octanol–water partition coefficient (Wildman–Crippen LogP) is 1.57. The monoisotopic (exact) mass is 358 g/mol. The summed E-state index contributed by atoms with van der Waals surface area (Å²) in [6.07, 6.45) is 2.98. The highest BCUT2D eigenvalue weighted by atomic mass is 16.5. The van der Waals surface area contributed by atoms with Crippen molar-refractivity contribution in [3.63, 3.8) is 0 Å². The number of amides is 2. The molecule has 2 fully saturated rings. The Morgan fingerprint density at radius 2 is 2.04 bits per heavy atom. The van der Waals surface area contributed by atoms with E-state index in [-0.39, 0.29) is 11.8 Å². The fourth-order valence-corrected chi connectivity index (χ4v) is 4.41. The number of rotatable bonds is 3. The van der Waals surface area contributed by atoms with Gasteiger partial charge in [0.25, 0.3) is 5.91 Å². The van der Waals surface area contributed by atoms with Crippen LogP contribution in [0.4, 0.5) is 0 Å². The number of ether oxygens (including phenoxy) is 1. The van der Waals surface area contributed by atoms with Gasteiger partial charge in [-0.3, -0.25) is 9.59 Å². The standard InChI is InChI=1S/C20H26N2O4/c23-17-6-3-13-26-20(17)8-11-21(12-9-20)18(24)7-10-22-14-15-4-1-2-5-16(15)19(22)25/h1-2,4-5,17,23H,3,6-14H2. The molecule has 3 aliphatic rings. The third-order valence-electron chi connectivity index (χ3n) is 6.07. The second kappa shape index (κ2) is 7.00. The van der Waals surface area contributed by atoms with E-state index in [9.17, 15) is 14.7 Å². The van der Waals surface area contributed by atoms with E-state index in [2.05, 4.69) is 0 Å². The van der Waals surface area contributed by atoms with Crippen LogP contribution in [-0.2, 0) is 16.1 Å². The summed E-state index contributed by atoms with van der Waals surface area (Å²) in [7, 11) is 0. The zero-order valence-electron chi connectivity index (χ0n) is 15.0. The lowest BCUT2D eigenvalue weighted by atomic mass is 9.82. The molecule has 0 bridgehead atoms. The summed E-state index contributed by atoms with van der Waals surface area (Å²) in [5.41, 5.74) is 1.33. The van der Waals surface area contributed by atoms with Gasteiger partial charge < -0.3 is 19.6 Å². The van der Waals surface area contributed by atoms with Crippen LogP contribution in [0.1, 0.15) is 48.0 Å². The Hall–Kier alpha value is -1.92. The highest BCUT2D eigenvalue weighted by Crippen LogP contribution is 2.35. The average molecular weight is 358 g/mol. The highest BCUT2D eigenvalue weighted by Gasteiger charge is 2.44. The first kappa shape index (κ1) is 17.5. The molecule has 1 N–H and O–H groups in total. The normalized spacial score (nSPS) is 24.8. The van der Waals surface area contributed by atoms with Gasteiger partial charge >= 0.3 is 0 Å². The Balaban J connectivity index is 1.28. The van der Waals surface area contributed by atoms with Gasteiger partial charge in [-0.25, -0.2) is 0 Å². The van der Waals surface area contributed by atoms with Gasteiger partial charge in [-0.15, -0.1) is 0 Å². The maximum atomic E-state index is 12.6. The molecule has 4 rings (SSSR count). The van der Waals surface area contributed by atoms with E-state index in [0.29, 0.717) is 52.0 Å². The fraction of sp³-hybridized carbons (Fsp3) is 0.600. The molecule has 1 spiro atoms. The molecule has 2 amide bonds. The van der Waals surface area contributed by atoms with Crippen LogP contribution < -0.4 is 0 Å². The van der Waals surface area contributed by atoms with Gasteiger partial charge in [0, 0.05) is 44.8 Å². The number of aliphatic hydroxyl groups excluding tert-OH is 1. The minimum Gasteiger partial charge on any atom is -0.390 e. The zero-order chi connectivity index (χ0) is 18.1. The molecule has 0 aliphatic carbocycles. The molecule has 0 aromatic heterocycles. The number of likely N-dealkylation sites (tertiary alicyclic amines) is 1. The highest BCUT2D eigenvalue weighted by molar-refractivity contribution is 5.98. The Morgan fingerprint density at radius 3 is 2.77 bits per heavy atom. The van der Waals surface area contributed by atoms with Crippen molar-refractivity contribution in [2.24, 2.45) is 0 Å². The third kappa shape index (κ3) is 3.12. The number of aliphatic hydroxyl groups is 1. The lowest BCUT2D eigenvalue weighted by Gasteiger charge is -2.46. The molecular formula is C20H26N2O4. The second-order valence-electron chi connectivity index (χ2n) is 7.59. The summed E-state index contributed by atoms with van der Waals surface area (Å²) < 4.78 is 5.90. The molecule has 26 heavy (non-hydrogen) atoms. The molecule has 0 radical (unpaired) electrons. The van der Waals surface area contributed by atoms with Crippen molar-refractivity contribution in [2.75, 3.05) is 26.2 Å². The number of fused-ring (bicyclic) bond motifs is 1. The second-order valence-corrected chi connectivity index (χ2v) is 7.59. The van der Waals surface area contributed by atoms with E-state index in [1.807, 2.05) is 29.2 Å². The van der Waals surface area contributed by atoms with E-state index in [1.54, 1.807) is 4.90 Å². The molecule has 1 aromatic rings. The molecule has 0 saturated carbocycles. The van der Waals surface area contributed by atoms with Crippen LogP contribution in [0.2, 0.25) is 0 Å². The molecule has 1 atom stereocenters. The van der Waals surface area contributed by atoms with Gasteiger partial charge in [-0.2, -0.15) is 0 Å². The molecule has 3 aliphatic heterocycles. The van der Waals surface area contributed by atoms with Crippen LogP contribution in [0, 0.1) is 0 Å². The van der Waals surface area contributed by atoms with Crippen molar-refractivity contribution in [2.45, 2.75) is 50.4 Å². The van der Waals surface area contributed by atoms with Crippen molar-refractivity contribution < 1.29 is 19.4 Å². The molecule has 2 saturated heterocycles. The number of benzene rings is 1. The van der Waals surface area contributed by atoms with E-state index in [4.69, 9.17) is 4.74 Å². The van der Waals surface area contributed by atoms with E-state index in [0.717, 1.165) is 24.0 Å². The Labute approximate surface area is 153 Å². The lowest BCUT2D eigenvalue weighted by Crippen LogP contribution is -2.56. The van der Waals surface area contributed by atoms with Gasteiger partial charge in [0.2, 0.25) is 5.91 Å². The number of carbonyl (C=O) groups is 2. The first-order chi connectivity index (χ1) is 12.6. The molecular weight excluding hydrogens is 332 g/mol. The number of carbonyl (C=O) groups excluding carboxylic acids is 2. The first-order valence-electron chi connectivity index (χ1n) is 9.56. The summed E-state index contributed by atoms with van der Waals surface area (Å²) in [5.74, 6) is 0.0960. The summed E-state index contributed by atoms with van der Waals surface area (Å²) in [6.45, 7) is 2.97. The van der Waals surface area contributed by atoms with Crippen molar-refractivity contribution in [3.05, 3.63) is 35.4 Å². The molecule has 3 heterocycles. The minimum absolute atomic E-state index is 0.0183. The molecule has 1 aromatic carbocycles. The smallest absolute Gasteiger partial charge is 0.254 e. The van der Waals surface area contributed by atoms with E-state index >= 15 is 0 Å². The van der Waals surface area contributed by atoms with E-state index in [1.165, 1.54) is 0 Å². The van der Waals surface area contributed by atoms with Gasteiger partial charge in [-0.05, 0) is 37.3 Å². The summed E-state index contributed by atoms with van der Waals surface area (Å²) >= 11 is 0. The number of piperidine rings is 1. The van der Waals surface area contributed by atoms with Crippen molar-refractivity contribution >= 4 is 11.8 Å². The van der Waals surface area contributed by atoms with Gasteiger partial charge in [0.1, 0.15) is 0 Å². The van der Waals surface area contributed by atoms with Crippen molar-refractivity contribution in [1.82, 2.24) is 9.80 Å². The predicted molar refractivity (Wildman–Crippen MR) is 95.5 cm³/mol. The fourth-order valence-electron chi connectivity index (χ4n) is 4.41. The lowest BCUT2D eigenvalue weighted by molar-refractivity contribution is -0.179. The van der Waals surface area contributed by atoms with Crippen LogP contribution in [0.15, 0.2) is 24.3 Å². The van der Waals surface area contributed by atoms with Gasteiger partial charge in [-0.1, -0.05) is 18.2 Å². The Morgan fingerprint density at radius 1 is 1.27 bits per heavy atom. The number of nitrogens with zero attached hydrogens (tertiary/aromatic N) is 2. The van der Waals surface area contributed by atoms with Gasteiger partial charge in [0.05, 0.1) is 11.7 Å². The molecule has 6 nitrogen and oxygen atoms in total. The van der Waals surface area contributed by atoms with Crippen LogP contribution in [-0.4, -0.2) is 64.7 Å². The zero-order valence-corrected chi connectivity index (χ0v) is 15.0. The average Bonchev–Trinajstić information content (AvgIpc) is 2.99. The summed E-state index contributed by atoms with van der Waals surface area (Å²) in [5, 5.41) is 10.3. The van der Waals surface area contributed by atoms with Gasteiger partial charge in [0.15, 0.2) is 0 Å². The Kier molecular flexibility index (Phi) is 4.71. The molecule has 6 heteroatoms. The van der Waals surface area contributed by atoms with Crippen LogP contribution in [0.5, 0.6) is 0 Å². The minimum atomic E-state index is -0.457. The SMILES string of the molecule is O=C(CCN1Cc2ccccc2C1=O)N1CCC2(CC1)OCCCC2O. The maximum absolute atomic E-state index is 12.6. The quantitative estimate of drug-likeness (QED) is 0.890. The van der Waals surface area contributed by atoms with Crippen molar-refractivity contribution in [3.8, 4) is 0 Å². The summed E-state index contributed by atoms with van der Waals surface area (Å²) in [6, 6.07) is 7.62. The largest absolute Gasteiger partial charge is 0.390 e. The third-order valence-corrected chi connectivity index (χ3v) is 6.07. The number of hydrogen-bond donors (Lipinski definition) is 1. The maximum Gasteiger partial charge on any atom is 0.254 e. The summed E-state index contributed by atoms with van der Waals surface area (Å²) in [4.78, 5) is 28.6.